The van der Waals surface area contributed by atoms with Crippen LogP contribution in [0.1, 0.15) is 36.0 Å². The number of carbonyl (C=O) groups excluding carboxylic acids is 2. The number of nitrogens with two attached hydrogens (primary N) is 1. The first-order valence-corrected chi connectivity index (χ1v) is 13.6. The Morgan fingerprint density at radius 3 is 1.83 bits per heavy atom. The highest BCUT2D eigenvalue weighted by molar-refractivity contribution is 7.89. The Kier molecular flexibility index (Phi) is 7.86. The van der Waals surface area contributed by atoms with Gasteiger partial charge in [0.2, 0.25) is 21.8 Å². The highest BCUT2D eigenvalue weighted by Gasteiger charge is 2.37. The van der Waals surface area contributed by atoms with E-state index in [4.69, 9.17) is 5.14 Å². The van der Waals surface area contributed by atoms with E-state index in [0.717, 1.165) is 23.1 Å². The number of nitrogens with one attached hydrogen (secondary N) is 2. The summed E-state index contributed by atoms with van der Waals surface area (Å²) in [5, 5.41) is 11.3. The molecule has 0 bridgehead atoms. The van der Waals surface area contributed by atoms with E-state index in [1.165, 1.54) is 11.6 Å². The van der Waals surface area contributed by atoms with Gasteiger partial charge in [0.15, 0.2) is 0 Å². The average Bonchev–Trinajstić information content (AvgIpc) is 3.37. The summed E-state index contributed by atoms with van der Waals surface area (Å²) >= 11 is 0. The molecule has 4 N–H and O–H groups in total. The number of primary sulfonamides is 1. The molecule has 3 aromatic carbocycles. The van der Waals surface area contributed by atoms with E-state index in [9.17, 15) is 18.0 Å². The molecule has 0 aliphatic heterocycles. The summed E-state index contributed by atoms with van der Waals surface area (Å²) < 4.78 is 23.8. The zero-order valence-electron chi connectivity index (χ0n) is 20.2. The van der Waals surface area contributed by atoms with Crippen LogP contribution in [0, 0.1) is 18.8 Å². The molecule has 3 aromatic rings. The zero-order valence-corrected chi connectivity index (χ0v) is 21.1. The lowest BCUT2D eigenvalue weighted by molar-refractivity contribution is -0.133. The normalized spacial score (nSPS) is 17.5. The van der Waals surface area contributed by atoms with Gasteiger partial charge in [-0.1, -0.05) is 78.7 Å². The van der Waals surface area contributed by atoms with Crippen LogP contribution in [-0.4, -0.2) is 20.2 Å². The van der Waals surface area contributed by atoms with Crippen LogP contribution in [-0.2, 0) is 32.7 Å². The van der Waals surface area contributed by atoms with Gasteiger partial charge < -0.3 is 10.6 Å². The molecule has 2 atom stereocenters. The second-order valence-electron chi connectivity index (χ2n) is 9.30. The van der Waals surface area contributed by atoms with Crippen LogP contribution in [0.25, 0.3) is 11.1 Å². The third-order valence-corrected chi connectivity index (χ3v) is 7.67. The number of aryl methyl sites for hydroxylation is 1. The molecule has 1 saturated carbocycles. The van der Waals surface area contributed by atoms with Gasteiger partial charge in [0.1, 0.15) is 0 Å². The van der Waals surface area contributed by atoms with E-state index in [-0.39, 0.29) is 28.5 Å². The second kappa shape index (κ2) is 11.1. The van der Waals surface area contributed by atoms with Crippen LogP contribution in [0.3, 0.4) is 0 Å². The Hall–Kier alpha value is -3.49. The molecule has 1 aliphatic rings. The first-order chi connectivity index (χ1) is 17.2. The SMILES string of the molecule is Cc1ccc(CNC(=O)[C@@H]2CCCC2C(=O)NCc2ccc(-c3ccccc3S(N)(=O)=O)cc2)cc1. The van der Waals surface area contributed by atoms with Crippen LogP contribution in [0.2, 0.25) is 0 Å². The first kappa shape index (κ1) is 25.6. The maximum absolute atomic E-state index is 12.9. The minimum absolute atomic E-state index is 0.0685. The van der Waals surface area contributed by atoms with Gasteiger partial charge in [-0.05, 0) is 42.5 Å². The number of rotatable bonds is 8. The van der Waals surface area contributed by atoms with E-state index >= 15 is 0 Å². The molecule has 0 aromatic heterocycles. The predicted octanol–water partition coefficient (Wildman–Crippen LogP) is 3.66. The molecule has 1 fully saturated rings. The molecule has 36 heavy (non-hydrogen) atoms. The van der Waals surface area contributed by atoms with Crippen molar-refractivity contribution in [2.24, 2.45) is 17.0 Å². The minimum Gasteiger partial charge on any atom is -0.352 e. The van der Waals surface area contributed by atoms with Crippen molar-refractivity contribution in [2.75, 3.05) is 0 Å². The molecule has 0 radical (unpaired) electrons. The minimum atomic E-state index is -3.85. The lowest BCUT2D eigenvalue weighted by atomic mass is 9.94. The number of sulfonamides is 1. The fourth-order valence-electron chi connectivity index (χ4n) is 4.69. The molecule has 2 amide bonds. The number of hydrogen-bond donors (Lipinski definition) is 3. The number of hydrogen-bond acceptors (Lipinski definition) is 4. The third kappa shape index (κ3) is 6.19. The second-order valence-corrected chi connectivity index (χ2v) is 10.8. The number of carbonyl (C=O) groups is 2. The van der Waals surface area contributed by atoms with Crippen molar-refractivity contribution >= 4 is 21.8 Å². The number of benzene rings is 3. The van der Waals surface area contributed by atoms with Crippen molar-refractivity contribution in [3.8, 4) is 11.1 Å². The van der Waals surface area contributed by atoms with E-state index in [0.29, 0.717) is 31.5 Å². The van der Waals surface area contributed by atoms with Crippen molar-refractivity contribution < 1.29 is 18.0 Å². The number of amides is 2. The van der Waals surface area contributed by atoms with Crippen molar-refractivity contribution in [3.63, 3.8) is 0 Å². The third-order valence-electron chi connectivity index (χ3n) is 6.70. The van der Waals surface area contributed by atoms with E-state index in [1.54, 1.807) is 18.2 Å². The van der Waals surface area contributed by atoms with Crippen molar-refractivity contribution in [1.82, 2.24) is 10.6 Å². The Balaban J connectivity index is 1.34. The van der Waals surface area contributed by atoms with Gasteiger partial charge in [-0.3, -0.25) is 9.59 Å². The van der Waals surface area contributed by atoms with Gasteiger partial charge in [-0.25, -0.2) is 13.6 Å². The summed E-state index contributed by atoms with van der Waals surface area (Å²) in [4.78, 5) is 25.8. The monoisotopic (exact) mass is 505 g/mol. The molecule has 1 unspecified atom stereocenters. The molecule has 8 heteroatoms. The Bertz CT molecular complexity index is 1340. The Labute approximate surface area is 212 Å². The van der Waals surface area contributed by atoms with E-state index in [1.807, 2.05) is 55.5 Å². The smallest absolute Gasteiger partial charge is 0.238 e. The van der Waals surface area contributed by atoms with Crippen LogP contribution in [0.15, 0.2) is 77.7 Å². The molecule has 0 heterocycles. The first-order valence-electron chi connectivity index (χ1n) is 12.0. The van der Waals surface area contributed by atoms with Crippen molar-refractivity contribution in [2.45, 2.75) is 44.2 Å². The summed E-state index contributed by atoms with van der Waals surface area (Å²) in [6, 6.07) is 21.9. The van der Waals surface area contributed by atoms with Gasteiger partial charge in [0, 0.05) is 30.5 Å². The molecule has 0 saturated heterocycles. The summed E-state index contributed by atoms with van der Waals surface area (Å²) in [5.74, 6) is -0.866. The lowest BCUT2D eigenvalue weighted by Gasteiger charge is -2.19. The Morgan fingerprint density at radius 1 is 0.806 bits per heavy atom. The fraction of sp³-hybridized carbons (Fsp3) is 0.286. The van der Waals surface area contributed by atoms with Gasteiger partial charge in [-0.15, -0.1) is 0 Å². The summed E-state index contributed by atoms with van der Waals surface area (Å²) in [6.07, 6.45) is 2.24. The average molecular weight is 506 g/mol. The van der Waals surface area contributed by atoms with Crippen LogP contribution >= 0.6 is 0 Å². The molecule has 0 spiro atoms. The lowest BCUT2D eigenvalue weighted by Crippen LogP contribution is -2.39. The standard InChI is InChI=1S/C28H31N3O4S/c1-19-9-11-20(12-10-19)17-30-27(32)24-6-4-7-25(24)28(33)31-18-21-13-15-22(16-14-21)23-5-2-3-8-26(23)36(29,34)35/h2-3,5,8-16,24-25H,4,6-7,17-18H2,1H3,(H,30,32)(H,31,33)(H2,29,34,35)/t24-,25?/m1/s1. The highest BCUT2D eigenvalue weighted by atomic mass is 32.2. The maximum Gasteiger partial charge on any atom is 0.238 e. The quantitative estimate of drug-likeness (QED) is 0.433. The molecular formula is C28H31N3O4S. The zero-order chi connectivity index (χ0) is 25.7. The van der Waals surface area contributed by atoms with E-state index in [2.05, 4.69) is 10.6 Å². The van der Waals surface area contributed by atoms with Gasteiger partial charge >= 0.3 is 0 Å². The molecule has 7 nitrogen and oxygen atoms in total. The molecular weight excluding hydrogens is 474 g/mol. The van der Waals surface area contributed by atoms with E-state index < -0.39 is 10.0 Å². The largest absolute Gasteiger partial charge is 0.352 e. The van der Waals surface area contributed by atoms with Crippen molar-refractivity contribution in [3.05, 3.63) is 89.5 Å². The predicted molar refractivity (Wildman–Crippen MR) is 139 cm³/mol. The van der Waals surface area contributed by atoms with Gasteiger partial charge in [0.05, 0.1) is 4.90 Å². The maximum atomic E-state index is 12.9. The Morgan fingerprint density at radius 2 is 1.31 bits per heavy atom. The van der Waals surface area contributed by atoms with Crippen molar-refractivity contribution in [1.29, 1.82) is 0 Å². The summed E-state index contributed by atoms with van der Waals surface area (Å²) in [6.45, 7) is 2.79. The van der Waals surface area contributed by atoms with Crippen LogP contribution < -0.4 is 15.8 Å². The topological polar surface area (TPSA) is 118 Å². The summed E-state index contributed by atoms with van der Waals surface area (Å²) in [7, 11) is -3.85. The van der Waals surface area contributed by atoms with Crippen LogP contribution in [0.5, 0.6) is 0 Å². The fourth-order valence-corrected chi connectivity index (χ4v) is 5.45. The summed E-state index contributed by atoms with van der Waals surface area (Å²) in [5.41, 5.74) is 4.32. The highest BCUT2D eigenvalue weighted by Crippen LogP contribution is 2.32. The molecule has 4 rings (SSSR count). The molecule has 188 valence electrons. The molecule has 1 aliphatic carbocycles. The van der Waals surface area contributed by atoms with Gasteiger partial charge in [0.25, 0.3) is 0 Å². The van der Waals surface area contributed by atoms with Gasteiger partial charge in [-0.2, -0.15) is 0 Å². The van der Waals surface area contributed by atoms with Crippen LogP contribution in [0.4, 0.5) is 0 Å².